The summed E-state index contributed by atoms with van der Waals surface area (Å²) in [6.07, 6.45) is 1.38. The highest BCUT2D eigenvalue weighted by Gasteiger charge is 2.25. The van der Waals surface area contributed by atoms with Crippen molar-refractivity contribution in [3.05, 3.63) is 17.8 Å². The van der Waals surface area contributed by atoms with Gasteiger partial charge >= 0.3 is 0 Å². The minimum Gasteiger partial charge on any atom is -0.372 e. The second kappa shape index (κ2) is 5.97. The third-order valence-corrected chi connectivity index (χ3v) is 3.22. The number of hydrogen-bond acceptors (Lipinski definition) is 5. The Morgan fingerprint density at radius 1 is 1.47 bits per heavy atom. The van der Waals surface area contributed by atoms with Crippen molar-refractivity contribution in [1.29, 1.82) is 0 Å². The third-order valence-electron chi connectivity index (χ3n) is 3.22. The van der Waals surface area contributed by atoms with E-state index >= 15 is 0 Å². The lowest BCUT2D eigenvalue weighted by Gasteiger charge is -2.36. The quantitative estimate of drug-likeness (QED) is 0.876. The first-order valence-corrected chi connectivity index (χ1v) is 6.60. The number of hydrogen-bond donors (Lipinski definition) is 1. The number of amides is 1. The molecule has 0 bridgehead atoms. The zero-order valence-corrected chi connectivity index (χ0v) is 11.6. The molecule has 1 amide bonds. The van der Waals surface area contributed by atoms with Crippen molar-refractivity contribution in [2.24, 2.45) is 0 Å². The van der Waals surface area contributed by atoms with E-state index in [-0.39, 0.29) is 18.1 Å². The van der Waals surface area contributed by atoms with E-state index in [1.54, 1.807) is 13.1 Å². The molecule has 1 aliphatic rings. The molecule has 0 spiro atoms. The maximum Gasteiger partial charge on any atom is 0.271 e. The number of morpholine rings is 1. The van der Waals surface area contributed by atoms with Crippen molar-refractivity contribution in [2.75, 3.05) is 25.0 Å². The van der Waals surface area contributed by atoms with Gasteiger partial charge in [-0.3, -0.25) is 4.79 Å². The van der Waals surface area contributed by atoms with Crippen LogP contribution < -0.4 is 10.2 Å². The molecule has 0 radical (unpaired) electrons. The Hall–Kier alpha value is -1.69. The highest BCUT2D eigenvalue weighted by atomic mass is 16.5. The summed E-state index contributed by atoms with van der Waals surface area (Å²) in [5.74, 6) is 0.571. The Morgan fingerprint density at radius 2 is 2.26 bits per heavy atom. The summed E-state index contributed by atoms with van der Waals surface area (Å²) in [6.45, 7) is 5.78. The van der Waals surface area contributed by atoms with Crippen LogP contribution in [0.15, 0.2) is 12.1 Å². The number of anilines is 1. The van der Waals surface area contributed by atoms with E-state index in [2.05, 4.69) is 34.3 Å². The smallest absolute Gasteiger partial charge is 0.271 e. The van der Waals surface area contributed by atoms with E-state index in [9.17, 15) is 4.79 Å². The zero-order valence-electron chi connectivity index (χ0n) is 11.6. The maximum absolute atomic E-state index is 11.4. The molecule has 0 aliphatic carbocycles. The number of aromatic nitrogens is 2. The van der Waals surface area contributed by atoms with Crippen molar-refractivity contribution in [3.63, 3.8) is 0 Å². The van der Waals surface area contributed by atoms with Crippen LogP contribution in [0.4, 0.5) is 5.82 Å². The lowest BCUT2D eigenvalue weighted by atomic mass is 10.2. The molecular formula is C13H20N4O2. The van der Waals surface area contributed by atoms with Crippen LogP contribution in [0, 0.1) is 0 Å². The summed E-state index contributed by atoms with van der Waals surface area (Å²) >= 11 is 0. The lowest BCUT2D eigenvalue weighted by Crippen LogP contribution is -2.46. The standard InChI is InChI=1S/C13H20N4O2/c1-4-10-8-17(7-9(2)19-10)12-6-5-11(15-16-12)13(18)14-3/h5-6,9-10H,4,7-8H2,1-3H3,(H,14,18). The van der Waals surface area contributed by atoms with E-state index in [1.807, 2.05) is 6.07 Å². The molecule has 1 N–H and O–H groups in total. The molecule has 2 rings (SSSR count). The molecular weight excluding hydrogens is 244 g/mol. The summed E-state index contributed by atoms with van der Waals surface area (Å²) in [4.78, 5) is 13.6. The highest BCUT2D eigenvalue weighted by Crippen LogP contribution is 2.19. The second-order valence-corrected chi connectivity index (χ2v) is 4.74. The van der Waals surface area contributed by atoms with Gasteiger partial charge in [-0.1, -0.05) is 6.92 Å². The molecule has 1 aromatic heterocycles. The minimum absolute atomic E-state index is 0.180. The van der Waals surface area contributed by atoms with Crippen LogP contribution in [0.1, 0.15) is 30.8 Å². The molecule has 2 unspecified atom stereocenters. The van der Waals surface area contributed by atoms with Crippen LogP contribution in [0.2, 0.25) is 0 Å². The van der Waals surface area contributed by atoms with Crippen LogP contribution >= 0.6 is 0 Å². The fourth-order valence-electron chi connectivity index (χ4n) is 2.20. The van der Waals surface area contributed by atoms with E-state index in [1.165, 1.54) is 0 Å². The number of carbonyl (C=O) groups is 1. The summed E-state index contributed by atoms with van der Waals surface area (Å²) in [5.41, 5.74) is 0.333. The molecule has 0 aromatic carbocycles. The van der Waals surface area contributed by atoms with Gasteiger partial charge < -0.3 is 15.0 Å². The van der Waals surface area contributed by atoms with Crippen molar-refractivity contribution in [3.8, 4) is 0 Å². The Kier molecular flexibility index (Phi) is 4.31. The Labute approximate surface area is 113 Å². The fourth-order valence-corrected chi connectivity index (χ4v) is 2.20. The number of carbonyl (C=O) groups excluding carboxylic acids is 1. The van der Waals surface area contributed by atoms with Crippen molar-refractivity contribution < 1.29 is 9.53 Å². The van der Waals surface area contributed by atoms with Crippen LogP contribution in [-0.2, 0) is 4.74 Å². The van der Waals surface area contributed by atoms with Gasteiger partial charge in [-0.05, 0) is 25.5 Å². The Balaban J connectivity index is 2.11. The minimum atomic E-state index is -0.221. The van der Waals surface area contributed by atoms with Crippen LogP contribution in [-0.4, -0.2) is 48.4 Å². The summed E-state index contributed by atoms with van der Waals surface area (Å²) in [7, 11) is 1.58. The van der Waals surface area contributed by atoms with Crippen molar-refractivity contribution in [2.45, 2.75) is 32.5 Å². The lowest BCUT2D eigenvalue weighted by molar-refractivity contribution is -0.0175. The van der Waals surface area contributed by atoms with Crippen LogP contribution in [0.25, 0.3) is 0 Å². The van der Waals surface area contributed by atoms with Gasteiger partial charge in [-0.2, -0.15) is 0 Å². The second-order valence-electron chi connectivity index (χ2n) is 4.74. The van der Waals surface area contributed by atoms with E-state index in [0.29, 0.717) is 5.69 Å². The van der Waals surface area contributed by atoms with Crippen LogP contribution in [0.5, 0.6) is 0 Å². The van der Waals surface area contributed by atoms with Gasteiger partial charge in [0.15, 0.2) is 11.5 Å². The molecule has 1 fully saturated rings. The van der Waals surface area contributed by atoms with Gasteiger partial charge in [0.25, 0.3) is 5.91 Å². The van der Waals surface area contributed by atoms with E-state index < -0.39 is 0 Å². The van der Waals surface area contributed by atoms with Gasteiger partial charge in [-0.15, -0.1) is 10.2 Å². The summed E-state index contributed by atoms with van der Waals surface area (Å²) in [5, 5.41) is 10.6. The molecule has 2 heterocycles. The fraction of sp³-hybridized carbons (Fsp3) is 0.615. The summed E-state index contributed by atoms with van der Waals surface area (Å²) in [6, 6.07) is 3.53. The molecule has 6 nitrogen and oxygen atoms in total. The predicted octanol–water partition coefficient (Wildman–Crippen LogP) is 0.840. The van der Waals surface area contributed by atoms with Crippen LogP contribution in [0.3, 0.4) is 0 Å². The average molecular weight is 264 g/mol. The van der Waals surface area contributed by atoms with Gasteiger partial charge in [0.2, 0.25) is 0 Å². The maximum atomic E-state index is 11.4. The van der Waals surface area contributed by atoms with Crippen molar-refractivity contribution >= 4 is 11.7 Å². The first kappa shape index (κ1) is 13.7. The largest absolute Gasteiger partial charge is 0.372 e. The summed E-state index contributed by atoms with van der Waals surface area (Å²) < 4.78 is 5.81. The Morgan fingerprint density at radius 3 is 2.84 bits per heavy atom. The number of nitrogens with zero attached hydrogens (tertiary/aromatic N) is 3. The molecule has 1 aromatic rings. The first-order chi connectivity index (χ1) is 9.13. The van der Waals surface area contributed by atoms with Crippen molar-refractivity contribution in [1.82, 2.24) is 15.5 Å². The zero-order chi connectivity index (χ0) is 13.8. The van der Waals surface area contributed by atoms with Gasteiger partial charge in [0.1, 0.15) is 0 Å². The topological polar surface area (TPSA) is 67.4 Å². The molecule has 104 valence electrons. The molecule has 2 atom stereocenters. The van der Waals surface area contributed by atoms with E-state index in [0.717, 1.165) is 25.3 Å². The number of ether oxygens (including phenoxy) is 1. The van der Waals surface area contributed by atoms with Gasteiger partial charge in [0.05, 0.1) is 12.2 Å². The molecule has 0 saturated carbocycles. The monoisotopic (exact) mass is 264 g/mol. The first-order valence-electron chi connectivity index (χ1n) is 6.60. The SMILES string of the molecule is CCC1CN(c2ccc(C(=O)NC)nn2)CC(C)O1. The van der Waals surface area contributed by atoms with Gasteiger partial charge in [-0.25, -0.2) is 0 Å². The Bertz CT molecular complexity index is 435. The molecule has 1 saturated heterocycles. The predicted molar refractivity (Wildman–Crippen MR) is 72.3 cm³/mol. The normalized spacial score (nSPS) is 23.2. The number of nitrogens with one attached hydrogen (secondary N) is 1. The molecule has 19 heavy (non-hydrogen) atoms. The van der Waals surface area contributed by atoms with Gasteiger partial charge in [0, 0.05) is 20.1 Å². The third kappa shape index (κ3) is 3.20. The van der Waals surface area contributed by atoms with E-state index in [4.69, 9.17) is 4.74 Å². The molecule has 1 aliphatic heterocycles. The number of rotatable bonds is 3. The average Bonchev–Trinajstić information content (AvgIpc) is 2.46. The molecule has 6 heteroatoms. The highest BCUT2D eigenvalue weighted by molar-refractivity contribution is 5.91.